The van der Waals surface area contributed by atoms with E-state index in [2.05, 4.69) is 4.98 Å². The summed E-state index contributed by atoms with van der Waals surface area (Å²) in [6.45, 7) is 4.26. The number of amides is 1. The first-order chi connectivity index (χ1) is 15.9. The van der Waals surface area contributed by atoms with E-state index < -0.39 is 23.5 Å². The third kappa shape index (κ3) is 4.35. The molecule has 0 saturated carbocycles. The number of hydrogen-bond acceptors (Lipinski definition) is 5. The molecule has 2 aromatic carbocycles. The maximum Gasteiger partial charge on any atom is 0.295 e. The Morgan fingerprint density at radius 3 is 2.55 bits per heavy atom. The molecule has 1 amide bonds. The van der Waals surface area contributed by atoms with Crippen molar-refractivity contribution in [2.45, 2.75) is 26.4 Å². The summed E-state index contributed by atoms with van der Waals surface area (Å²) < 4.78 is 19.1. The molecular weight excluding hydrogens is 423 g/mol. The average Bonchev–Trinajstić information content (AvgIpc) is 3.05. The van der Waals surface area contributed by atoms with Gasteiger partial charge in [-0.25, -0.2) is 4.39 Å². The maximum absolute atomic E-state index is 13.6. The van der Waals surface area contributed by atoms with Gasteiger partial charge in [-0.2, -0.15) is 0 Å². The third-order valence-electron chi connectivity index (χ3n) is 5.57. The number of rotatable bonds is 6. The van der Waals surface area contributed by atoms with Gasteiger partial charge in [-0.1, -0.05) is 18.2 Å². The first-order valence-corrected chi connectivity index (χ1v) is 10.6. The lowest BCUT2D eigenvalue weighted by molar-refractivity contribution is -0.140. The number of ether oxygens (including phenoxy) is 1. The minimum Gasteiger partial charge on any atom is -0.507 e. The molecule has 1 N–H and O–H groups in total. The molecule has 3 aromatic rings. The van der Waals surface area contributed by atoms with Gasteiger partial charge in [0.25, 0.3) is 11.7 Å². The van der Waals surface area contributed by atoms with Crippen LogP contribution >= 0.6 is 0 Å². The predicted molar refractivity (Wildman–Crippen MR) is 121 cm³/mol. The van der Waals surface area contributed by atoms with Crippen LogP contribution in [0, 0.1) is 12.7 Å². The van der Waals surface area contributed by atoms with Crippen LogP contribution in [0.2, 0.25) is 0 Å². The molecule has 4 rings (SSSR count). The van der Waals surface area contributed by atoms with Gasteiger partial charge in [0.15, 0.2) is 0 Å². The van der Waals surface area contributed by atoms with Gasteiger partial charge >= 0.3 is 0 Å². The van der Waals surface area contributed by atoms with Crippen LogP contribution in [0.5, 0.6) is 5.75 Å². The van der Waals surface area contributed by atoms with Crippen molar-refractivity contribution >= 4 is 17.4 Å². The summed E-state index contributed by atoms with van der Waals surface area (Å²) in [4.78, 5) is 31.6. The first-order valence-electron chi connectivity index (χ1n) is 10.6. The van der Waals surface area contributed by atoms with Gasteiger partial charge < -0.3 is 14.7 Å². The molecule has 0 radical (unpaired) electrons. The second-order valence-corrected chi connectivity index (χ2v) is 7.75. The number of aryl methyl sites for hydroxylation is 1. The van der Waals surface area contributed by atoms with Crippen LogP contribution in [0.4, 0.5) is 4.39 Å². The van der Waals surface area contributed by atoms with Crippen molar-refractivity contribution < 1.29 is 23.8 Å². The lowest BCUT2D eigenvalue weighted by Crippen LogP contribution is -2.29. The number of halogens is 1. The molecule has 0 aliphatic carbocycles. The number of carbonyl (C=O) groups excluding carboxylic acids is 2. The van der Waals surface area contributed by atoms with Gasteiger partial charge in [-0.05, 0) is 66.9 Å². The van der Waals surface area contributed by atoms with Crippen molar-refractivity contribution in [1.29, 1.82) is 0 Å². The van der Waals surface area contributed by atoms with E-state index >= 15 is 0 Å². The SMILES string of the molecule is CCOc1ccc(C(O)=C2C(=O)C(=O)N(Cc3cccnc3)[C@H]2c2ccc(F)cc2)c(C)c1. The van der Waals surface area contributed by atoms with Crippen LogP contribution in [0.15, 0.2) is 72.6 Å². The van der Waals surface area contributed by atoms with E-state index in [1.54, 1.807) is 49.6 Å². The summed E-state index contributed by atoms with van der Waals surface area (Å²) in [5, 5.41) is 11.2. The normalized spacial score (nSPS) is 17.4. The monoisotopic (exact) mass is 446 g/mol. The second-order valence-electron chi connectivity index (χ2n) is 7.75. The highest BCUT2D eigenvalue weighted by atomic mass is 19.1. The van der Waals surface area contributed by atoms with Crippen molar-refractivity contribution in [2.24, 2.45) is 0 Å². The zero-order valence-corrected chi connectivity index (χ0v) is 18.3. The number of hydrogen-bond donors (Lipinski definition) is 1. The molecule has 2 heterocycles. The highest BCUT2D eigenvalue weighted by Crippen LogP contribution is 2.41. The Balaban J connectivity index is 1.85. The maximum atomic E-state index is 13.6. The van der Waals surface area contributed by atoms with Crippen LogP contribution < -0.4 is 4.74 Å². The Kier molecular flexibility index (Phi) is 6.22. The molecule has 1 aliphatic heterocycles. The Hall–Kier alpha value is -4.00. The van der Waals surface area contributed by atoms with Crippen molar-refractivity contribution in [2.75, 3.05) is 6.61 Å². The minimum atomic E-state index is -0.878. The topological polar surface area (TPSA) is 79.7 Å². The Bertz CT molecular complexity index is 1220. The molecule has 0 unspecified atom stereocenters. The minimum absolute atomic E-state index is 0.0391. The van der Waals surface area contributed by atoms with Gasteiger partial charge in [0, 0.05) is 24.5 Å². The number of pyridine rings is 1. The number of ketones is 1. The summed E-state index contributed by atoms with van der Waals surface area (Å²) in [5.74, 6) is -1.61. The van der Waals surface area contributed by atoms with Crippen molar-refractivity contribution in [3.05, 3.63) is 101 Å². The molecular formula is C26H23FN2O4. The van der Waals surface area contributed by atoms with Crippen LogP contribution in [0.3, 0.4) is 0 Å². The highest BCUT2D eigenvalue weighted by Gasteiger charge is 2.46. The largest absolute Gasteiger partial charge is 0.507 e. The van der Waals surface area contributed by atoms with E-state index in [0.717, 1.165) is 5.56 Å². The van der Waals surface area contributed by atoms with Gasteiger partial charge in [0.2, 0.25) is 0 Å². The lowest BCUT2D eigenvalue weighted by Gasteiger charge is -2.25. The standard InChI is InChI=1S/C26H23FN2O4/c1-3-33-20-10-11-21(16(2)13-20)24(30)22-23(18-6-8-19(27)9-7-18)29(26(32)25(22)31)15-17-5-4-12-28-14-17/h4-14,23,30H,3,15H2,1-2H3/t23-/m0/s1. The Labute approximate surface area is 191 Å². The van der Waals surface area contributed by atoms with Crippen LogP contribution in [0.25, 0.3) is 5.76 Å². The number of benzene rings is 2. The summed E-state index contributed by atoms with van der Waals surface area (Å²) in [5.41, 5.74) is 2.32. The fraction of sp³-hybridized carbons (Fsp3) is 0.192. The van der Waals surface area contributed by atoms with E-state index in [0.29, 0.717) is 29.0 Å². The second kappa shape index (κ2) is 9.24. The smallest absolute Gasteiger partial charge is 0.295 e. The van der Waals surface area contributed by atoms with Gasteiger partial charge in [-0.15, -0.1) is 0 Å². The Morgan fingerprint density at radius 2 is 1.91 bits per heavy atom. The fourth-order valence-electron chi connectivity index (χ4n) is 4.03. The number of carbonyl (C=O) groups is 2. The van der Waals surface area contributed by atoms with Crippen LogP contribution in [-0.4, -0.2) is 33.3 Å². The third-order valence-corrected chi connectivity index (χ3v) is 5.57. The van der Waals surface area contributed by atoms with Gasteiger partial charge in [-0.3, -0.25) is 14.6 Å². The fourth-order valence-corrected chi connectivity index (χ4v) is 4.03. The molecule has 0 spiro atoms. The summed E-state index contributed by atoms with van der Waals surface area (Å²) in [6, 6.07) is 13.3. The highest BCUT2D eigenvalue weighted by molar-refractivity contribution is 6.46. The summed E-state index contributed by atoms with van der Waals surface area (Å²) in [7, 11) is 0. The molecule has 1 saturated heterocycles. The molecule has 1 aromatic heterocycles. The molecule has 7 heteroatoms. The van der Waals surface area contributed by atoms with Crippen molar-refractivity contribution in [1.82, 2.24) is 9.88 Å². The molecule has 1 atom stereocenters. The van der Waals surface area contributed by atoms with Crippen LogP contribution in [-0.2, 0) is 16.1 Å². The predicted octanol–water partition coefficient (Wildman–Crippen LogP) is 4.55. The molecule has 1 fully saturated rings. The van der Waals surface area contributed by atoms with E-state index in [4.69, 9.17) is 4.74 Å². The number of Topliss-reactive ketones (excluding diaryl/α,β-unsaturated/α-hetero) is 1. The van der Waals surface area contributed by atoms with E-state index in [1.807, 2.05) is 6.92 Å². The first kappa shape index (κ1) is 22.2. The number of nitrogens with zero attached hydrogens (tertiary/aromatic N) is 2. The molecule has 168 valence electrons. The van der Waals surface area contributed by atoms with Crippen molar-refractivity contribution in [3.8, 4) is 5.75 Å². The zero-order chi connectivity index (χ0) is 23.5. The quantitative estimate of drug-likeness (QED) is 0.341. The molecule has 1 aliphatic rings. The Morgan fingerprint density at radius 1 is 1.15 bits per heavy atom. The number of aliphatic hydroxyl groups excluding tert-OH is 1. The van der Waals surface area contributed by atoms with E-state index in [1.165, 1.54) is 29.2 Å². The zero-order valence-electron chi connectivity index (χ0n) is 18.3. The molecule has 0 bridgehead atoms. The molecule has 33 heavy (non-hydrogen) atoms. The number of likely N-dealkylation sites (tertiary alicyclic amines) is 1. The number of aromatic nitrogens is 1. The van der Waals surface area contributed by atoms with Crippen molar-refractivity contribution in [3.63, 3.8) is 0 Å². The summed E-state index contributed by atoms with van der Waals surface area (Å²) >= 11 is 0. The van der Waals surface area contributed by atoms with Gasteiger partial charge in [0.05, 0.1) is 18.2 Å². The van der Waals surface area contributed by atoms with E-state index in [-0.39, 0.29) is 17.9 Å². The average molecular weight is 446 g/mol. The van der Waals surface area contributed by atoms with Crippen LogP contribution in [0.1, 0.15) is 35.2 Å². The number of aliphatic hydroxyl groups is 1. The molecule has 6 nitrogen and oxygen atoms in total. The summed E-state index contributed by atoms with van der Waals surface area (Å²) in [6.07, 6.45) is 3.22. The van der Waals surface area contributed by atoms with E-state index in [9.17, 15) is 19.1 Å². The van der Waals surface area contributed by atoms with Gasteiger partial charge in [0.1, 0.15) is 17.3 Å². The lowest BCUT2D eigenvalue weighted by atomic mass is 9.93.